The number of rotatable bonds is 6. The molecule has 0 aliphatic rings. The fourth-order valence-electron chi connectivity index (χ4n) is 2.96. The Hall–Kier alpha value is -3.98. The lowest BCUT2D eigenvalue weighted by atomic mass is 9.97. The van der Waals surface area contributed by atoms with Gasteiger partial charge in [0.2, 0.25) is 0 Å². The number of aromatic carboxylic acids is 2. The number of urea groups is 1. The summed E-state index contributed by atoms with van der Waals surface area (Å²) in [5.41, 5.74) is 2.61. The minimum Gasteiger partial charge on any atom is -0.478 e. The van der Waals surface area contributed by atoms with Crippen LogP contribution in [-0.2, 0) is 4.57 Å². The van der Waals surface area contributed by atoms with Gasteiger partial charge in [0.15, 0.2) is 0 Å². The molecule has 2 amide bonds. The highest BCUT2D eigenvalue weighted by atomic mass is 31.2. The van der Waals surface area contributed by atoms with E-state index in [1.54, 1.807) is 30.3 Å². The third-order valence-electron chi connectivity index (χ3n) is 4.42. The summed E-state index contributed by atoms with van der Waals surface area (Å²) in [5.74, 6) is -2.18. The molecule has 0 radical (unpaired) electrons. The van der Waals surface area contributed by atoms with Crippen LogP contribution in [0.25, 0.3) is 22.3 Å². The van der Waals surface area contributed by atoms with E-state index in [9.17, 15) is 18.9 Å². The molecule has 0 saturated heterocycles. The van der Waals surface area contributed by atoms with Crippen molar-refractivity contribution < 1.29 is 38.9 Å². The standard InChI is InChI=1S/C21H17N2O8P/c24-19(25)14-5-1-12(2-6-14)16-9-10-17(13-3-7-15(8-4-13)20(26)27)18(11-16)22-21(28)23-32(29,30)31/h1-11H,(H,24,25)(H,26,27)(H4,22,23,28,29,30,31). The van der Waals surface area contributed by atoms with E-state index in [1.165, 1.54) is 41.5 Å². The SMILES string of the molecule is O=C(Nc1cc(-c2ccc(C(=O)O)cc2)ccc1-c1ccc(C(=O)O)cc1)NP(=O)(O)O. The summed E-state index contributed by atoms with van der Waals surface area (Å²) in [6.45, 7) is 0. The van der Waals surface area contributed by atoms with Crippen molar-refractivity contribution in [2.24, 2.45) is 0 Å². The highest BCUT2D eigenvalue weighted by Gasteiger charge is 2.19. The van der Waals surface area contributed by atoms with Crippen molar-refractivity contribution in [1.82, 2.24) is 5.09 Å². The number of carboxylic acid groups (broad SMARTS) is 2. The summed E-state index contributed by atoms with van der Waals surface area (Å²) < 4.78 is 11.1. The van der Waals surface area contributed by atoms with E-state index in [2.05, 4.69) is 5.32 Å². The predicted molar refractivity (Wildman–Crippen MR) is 115 cm³/mol. The van der Waals surface area contributed by atoms with Crippen molar-refractivity contribution in [2.45, 2.75) is 0 Å². The number of benzene rings is 3. The zero-order chi connectivity index (χ0) is 23.5. The first-order valence-electron chi connectivity index (χ1n) is 9.00. The van der Waals surface area contributed by atoms with E-state index in [4.69, 9.17) is 20.0 Å². The van der Waals surface area contributed by atoms with E-state index >= 15 is 0 Å². The number of carbonyl (C=O) groups excluding carboxylic acids is 1. The molecule has 3 aromatic rings. The van der Waals surface area contributed by atoms with Crippen LogP contribution in [0.5, 0.6) is 0 Å². The minimum absolute atomic E-state index is 0.0673. The van der Waals surface area contributed by atoms with E-state index < -0.39 is 25.7 Å². The van der Waals surface area contributed by atoms with Gasteiger partial charge in [-0.25, -0.2) is 24.0 Å². The van der Waals surface area contributed by atoms with Crippen LogP contribution < -0.4 is 10.4 Å². The fourth-order valence-corrected chi connectivity index (χ4v) is 3.28. The van der Waals surface area contributed by atoms with Crippen LogP contribution in [0, 0.1) is 0 Å². The molecule has 32 heavy (non-hydrogen) atoms. The lowest BCUT2D eigenvalue weighted by Gasteiger charge is -2.15. The second kappa shape index (κ2) is 9.03. The molecule has 0 aliphatic carbocycles. The Labute approximate surface area is 181 Å². The maximum absolute atomic E-state index is 12.1. The Morgan fingerprint density at radius 1 is 0.688 bits per heavy atom. The largest absolute Gasteiger partial charge is 0.478 e. The summed E-state index contributed by atoms with van der Waals surface area (Å²) in [5, 5.41) is 22.0. The van der Waals surface area contributed by atoms with E-state index in [0.29, 0.717) is 22.3 Å². The van der Waals surface area contributed by atoms with Gasteiger partial charge in [-0.15, -0.1) is 0 Å². The third-order valence-corrected chi connectivity index (χ3v) is 4.92. The van der Waals surface area contributed by atoms with Gasteiger partial charge in [-0.1, -0.05) is 36.4 Å². The summed E-state index contributed by atoms with van der Waals surface area (Å²) in [7, 11) is -4.83. The van der Waals surface area contributed by atoms with Crippen LogP contribution in [-0.4, -0.2) is 38.0 Å². The Kier molecular flexibility index (Phi) is 6.40. The highest BCUT2D eigenvalue weighted by molar-refractivity contribution is 7.50. The van der Waals surface area contributed by atoms with Gasteiger partial charge in [0, 0.05) is 5.56 Å². The van der Waals surface area contributed by atoms with Crippen molar-refractivity contribution in [3.05, 3.63) is 77.9 Å². The first kappa shape index (κ1) is 22.7. The van der Waals surface area contributed by atoms with Crippen LogP contribution in [0.2, 0.25) is 0 Å². The van der Waals surface area contributed by atoms with Gasteiger partial charge in [-0.05, 0) is 47.0 Å². The van der Waals surface area contributed by atoms with Crippen LogP contribution in [0.1, 0.15) is 20.7 Å². The molecule has 10 nitrogen and oxygen atoms in total. The smallest absolute Gasteiger partial charge is 0.431 e. The van der Waals surface area contributed by atoms with Gasteiger partial charge in [0.05, 0.1) is 16.8 Å². The van der Waals surface area contributed by atoms with Gasteiger partial charge in [-0.3, -0.25) is 0 Å². The van der Waals surface area contributed by atoms with Crippen molar-refractivity contribution in [3.8, 4) is 22.3 Å². The lowest BCUT2D eigenvalue weighted by molar-refractivity contribution is 0.0686. The molecule has 0 heterocycles. The summed E-state index contributed by atoms with van der Waals surface area (Å²) in [6, 6.07) is 15.6. The number of amides is 2. The first-order valence-corrected chi connectivity index (χ1v) is 10.6. The normalized spacial score (nSPS) is 10.9. The average Bonchev–Trinajstić information content (AvgIpc) is 2.72. The molecule has 0 unspecified atom stereocenters. The second-order valence-corrected chi connectivity index (χ2v) is 7.95. The Balaban J connectivity index is 2.03. The maximum atomic E-state index is 12.1. The molecule has 0 aliphatic heterocycles. The Morgan fingerprint density at radius 3 is 1.62 bits per heavy atom. The topological polar surface area (TPSA) is 173 Å². The van der Waals surface area contributed by atoms with E-state index in [-0.39, 0.29) is 16.8 Å². The maximum Gasteiger partial charge on any atom is 0.431 e. The molecule has 0 fully saturated rings. The van der Waals surface area contributed by atoms with E-state index in [1.807, 2.05) is 0 Å². The number of carbonyl (C=O) groups is 3. The molecule has 0 spiro atoms. The first-order chi connectivity index (χ1) is 15.0. The molecular weight excluding hydrogens is 439 g/mol. The molecule has 0 aromatic heterocycles. The Bertz CT molecular complexity index is 1230. The molecule has 6 N–H and O–H groups in total. The molecular formula is C21H17N2O8P. The summed E-state index contributed by atoms with van der Waals surface area (Å²) >= 11 is 0. The summed E-state index contributed by atoms with van der Waals surface area (Å²) in [4.78, 5) is 52.1. The summed E-state index contributed by atoms with van der Waals surface area (Å²) in [6.07, 6.45) is 0. The Morgan fingerprint density at radius 2 is 1.16 bits per heavy atom. The van der Waals surface area contributed by atoms with Crippen LogP contribution >= 0.6 is 7.75 Å². The van der Waals surface area contributed by atoms with Crippen molar-refractivity contribution in [2.75, 3.05) is 5.32 Å². The lowest BCUT2D eigenvalue weighted by Crippen LogP contribution is -2.26. The average molecular weight is 456 g/mol. The van der Waals surface area contributed by atoms with Gasteiger partial charge < -0.3 is 25.3 Å². The van der Waals surface area contributed by atoms with Crippen LogP contribution in [0.15, 0.2) is 66.7 Å². The van der Waals surface area contributed by atoms with Gasteiger partial charge in [0.25, 0.3) is 0 Å². The molecule has 0 saturated carbocycles. The van der Waals surface area contributed by atoms with E-state index in [0.717, 1.165) is 0 Å². The van der Waals surface area contributed by atoms with Crippen LogP contribution in [0.4, 0.5) is 10.5 Å². The molecule has 164 valence electrons. The van der Waals surface area contributed by atoms with Crippen LogP contribution in [0.3, 0.4) is 0 Å². The molecule has 3 aromatic carbocycles. The van der Waals surface area contributed by atoms with Gasteiger partial charge in [0.1, 0.15) is 0 Å². The number of anilines is 1. The van der Waals surface area contributed by atoms with Gasteiger partial charge >= 0.3 is 25.7 Å². The van der Waals surface area contributed by atoms with Crippen molar-refractivity contribution in [1.29, 1.82) is 0 Å². The number of nitrogens with one attached hydrogen (secondary N) is 2. The number of hydrogen-bond donors (Lipinski definition) is 6. The monoisotopic (exact) mass is 456 g/mol. The molecule has 0 atom stereocenters. The minimum atomic E-state index is -4.83. The zero-order valence-corrected chi connectivity index (χ0v) is 17.1. The van der Waals surface area contributed by atoms with Crippen molar-refractivity contribution >= 4 is 31.4 Å². The second-order valence-electron chi connectivity index (χ2n) is 6.64. The number of carboxylic acids is 2. The predicted octanol–water partition coefficient (Wildman–Crippen LogP) is 3.63. The number of hydrogen-bond acceptors (Lipinski definition) is 4. The molecule has 11 heteroatoms. The van der Waals surface area contributed by atoms with Gasteiger partial charge in [-0.2, -0.15) is 0 Å². The third kappa shape index (κ3) is 5.58. The zero-order valence-electron chi connectivity index (χ0n) is 16.2. The molecule has 0 bridgehead atoms. The molecule has 3 rings (SSSR count). The van der Waals surface area contributed by atoms with Crippen molar-refractivity contribution in [3.63, 3.8) is 0 Å². The fraction of sp³-hybridized carbons (Fsp3) is 0. The quantitative estimate of drug-likeness (QED) is 0.305. The highest BCUT2D eigenvalue weighted by Crippen LogP contribution is 2.34.